The van der Waals surface area contributed by atoms with Crippen molar-refractivity contribution in [2.24, 2.45) is 11.8 Å². The summed E-state index contributed by atoms with van der Waals surface area (Å²) in [5.74, 6) is -3.27. The third-order valence-electron chi connectivity index (χ3n) is 6.83. The Bertz CT molecular complexity index is 880. The van der Waals surface area contributed by atoms with Gasteiger partial charge in [-0.15, -0.1) is 0 Å². The number of rotatable bonds is 3. The van der Waals surface area contributed by atoms with Gasteiger partial charge in [0.15, 0.2) is 0 Å². The highest BCUT2D eigenvalue weighted by Gasteiger charge is 2.56. The molecule has 2 atom stereocenters. The second-order valence-electron chi connectivity index (χ2n) is 8.30. The smallest absolute Gasteiger partial charge is 0.311 e. The Morgan fingerprint density at radius 3 is 1.68 bits per heavy atom. The van der Waals surface area contributed by atoms with Crippen LogP contribution in [0.5, 0.6) is 0 Å². The van der Waals surface area contributed by atoms with Gasteiger partial charge in [-0.2, -0.15) is 0 Å². The fourth-order valence-electron chi connectivity index (χ4n) is 5.68. The van der Waals surface area contributed by atoms with Crippen molar-refractivity contribution in [2.75, 3.05) is 0 Å². The second kappa shape index (κ2) is 6.77. The van der Waals surface area contributed by atoms with Crippen LogP contribution >= 0.6 is 0 Å². The number of carboxylic acid groups (broad SMARTS) is 1. The molecule has 0 aliphatic heterocycles. The van der Waals surface area contributed by atoms with E-state index in [1.807, 2.05) is 48.5 Å². The highest BCUT2D eigenvalue weighted by atomic mass is 16.5. The molecule has 28 heavy (non-hydrogen) atoms. The average Bonchev–Trinajstić information content (AvgIpc) is 2.73. The summed E-state index contributed by atoms with van der Waals surface area (Å²) >= 11 is 0. The van der Waals surface area contributed by atoms with Gasteiger partial charge in [-0.3, -0.25) is 9.59 Å². The average molecular weight is 376 g/mol. The first-order chi connectivity index (χ1) is 13.7. The molecule has 4 aliphatic carbocycles. The molecule has 1 fully saturated rings. The van der Waals surface area contributed by atoms with Crippen LogP contribution in [0.2, 0.25) is 0 Å². The van der Waals surface area contributed by atoms with E-state index < -0.39 is 17.8 Å². The topological polar surface area (TPSA) is 63.6 Å². The van der Waals surface area contributed by atoms with Gasteiger partial charge in [0.25, 0.3) is 0 Å². The fraction of sp³-hybridized carbons (Fsp3) is 0.417. The van der Waals surface area contributed by atoms with Gasteiger partial charge in [0.2, 0.25) is 0 Å². The lowest BCUT2D eigenvalue weighted by molar-refractivity contribution is -0.165. The zero-order chi connectivity index (χ0) is 19.3. The summed E-state index contributed by atoms with van der Waals surface area (Å²) in [5, 5.41) is 10.1. The van der Waals surface area contributed by atoms with Crippen LogP contribution in [0, 0.1) is 11.8 Å². The first-order valence-corrected chi connectivity index (χ1v) is 10.3. The molecule has 1 saturated carbocycles. The van der Waals surface area contributed by atoms with Crippen molar-refractivity contribution in [1.29, 1.82) is 0 Å². The summed E-state index contributed by atoms with van der Waals surface area (Å²) in [6.45, 7) is 0. The van der Waals surface area contributed by atoms with E-state index >= 15 is 0 Å². The van der Waals surface area contributed by atoms with Gasteiger partial charge >= 0.3 is 11.9 Å². The zero-order valence-corrected chi connectivity index (χ0v) is 15.7. The maximum absolute atomic E-state index is 13.3. The standard InChI is InChI=1S/C24H24O4/c25-23(26)21-19-15-10-4-6-12-17(15)20(18-13-7-5-11-16(18)19)22(21)24(27)28-14-8-2-1-3-9-14/h4-7,10-14,19-22H,1-3,8-9H2,(H,25,26)/t19?,20?,21-,22+/m0/s1. The van der Waals surface area contributed by atoms with E-state index in [4.69, 9.17) is 4.74 Å². The van der Waals surface area contributed by atoms with Gasteiger partial charge in [0.1, 0.15) is 6.10 Å². The summed E-state index contributed by atoms with van der Waals surface area (Å²) in [6.07, 6.45) is 5.03. The van der Waals surface area contributed by atoms with Crippen LogP contribution in [0.25, 0.3) is 0 Å². The molecule has 0 saturated heterocycles. The van der Waals surface area contributed by atoms with Gasteiger partial charge < -0.3 is 9.84 Å². The number of ether oxygens (including phenoxy) is 1. The van der Waals surface area contributed by atoms with Crippen molar-refractivity contribution in [3.63, 3.8) is 0 Å². The van der Waals surface area contributed by atoms with Crippen molar-refractivity contribution >= 4 is 11.9 Å². The number of aliphatic carboxylic acids is 1. The Balaban J connectivity index is 1.61. The number of fused-ring (bicyclic) bond motifs is 1. The maximum Gasteiger partial charge on any atom is 0.311 e. The lowest BCUT2D eigenvalue weighted by atomic mass is 9.54. The molecular weight excluding hydrogens is 352 g/mol. The molecule has 0 spiro atoms. The van der Waals surface area contributed by atoms with Crippen molar-refractivity contribution < 1.29 is 19.4 Å². The normalized spacial score (nSPS) is 28.3. The molecule has 0 unspecified atom stereocenters. The van der Waals surface area contributed by atoms with E-state index in [0.29, 0.717) is 0 Å². The van der Waals surface area contributed by atoms with E-state index in [1.165, 1.54) is 6.42 Å². The Labute approximate surface area is 164 Å². The summed E-state index contributed by atoms with van der Waals surface area (Å²) in [4.78, 5) is 25.7. The summed E-state index contributed by atoms with van der Waals surface area (Å²) in [6, 6.07) is 16.0. The summed E-state index contributed by atoms with van der Waals surface area (Å²) in [7, 11) is 0. The lowest BCUT2D eigenvalue weighted by Gasteiger charge is -2.48. The molecule has 0 radical (unpaired) electrons. The molecule has 4 heteroatoms. The van der Waals surface area contributed by atoms with Gasteiger partial charge in [0, 0.05) is 11.8 Å². The molecule has 0 heterocycles. The van der Waals surface area contributed by atoms with Crippen LogP contribution in [0.15, 0.2) is 48.5 Å². The van der Waals surface area contributed by atoms with E-state index in [-0.39, 0.29) is 23.9 Å². The maximum atomic E-state index is 13.3. The van der Waals surface area contributed by atoms with Gasteiger partial charge in [0.05, 0.1) is 11.8 Å². The number of carbonyl (C=O) groups excluding carboxylic acids is 1. The van der Waals surface area contributed by atoms with Crippen molar-refractivity contribution in [3.05, 3.63) is 70.8 Å². The molecule has 4 nitrogen and oxygen atoms in total. The van der Waals surface area contributed by atoms with Crippen LogP contribution in [-0.4, -0.2) is 23.1 Å². The van der Waals surface area contributed by atoms with Gasteiger partial charge in [-0.25, -0.2) is 0 Å². The summed E-state index contributed by atoms with van der Waals surface area (Å²) in [5.41, 5.74) is 4.24. The molecule has 0 aromatic heterocycles. The lowest BCUT2D eigenvalue weighted by Crippen LogP contribution is -2.48. The van der Waals surface area contributed by atoms with E-state index in [2.05, 4.69) is 0 Å². The number of carboxylic acids is 1. The predicted octanol–water partition coefficient (Wildman–Crippen LogP) is 4.47. The molecule has 4 aliphatic rings. The minimum absolute atomic E-state index is 0.0679. The molecule has 2 bridgehead atoms. The Morgan fingerprint density at radius 1 is 0.750 bits per heavy atom. The van der Waals surface area contributed by atoms with Crippen LogP contribution in [0.4, 0.5) is 0 Å². The molecule has 1 N–H and O–H groups in total. The van der Waals surface area contributed by atoms with Gasteiger partial charge in [-0.05, 0) is 47.9 Å². The second-order valence-corrected chi connectivity index (χ2v) is 8.30. The molecular formula is C24H24O4. The van der Waals surface area contributed by atoms with Crippen LogP contribution in [0.1, 0.15) is 66.2 Å². The number of esters is 1. The van der Waals surface area contributed by atoms with E-state index in [0.717, 1.165) is 47.9 Å². The molecule has 0 amide bonds. The Morgan fingerprint density at radius 2 is 1.21 bits per heavy atom. The van der Waals surface area contributed by atoms with E-state index in [9.17, 15) is 14.7 Å². The number of benzene rings is 2. The first kappa shape index (κ1) is 17.5. The molecule has 6 rings (SSSR count). The Kier molecular flexibility index (Phi) is 4.22. The van der Waals surface area contributed by atoms with Crippen LogP contribution in [0.3, 0.4) is 0 Å². The third kappa shape index (κ3) is 2.58. The van der Waals surface area contributed by atoms with Crippen LogP contribution in [-0.2, 0) is 14.3 Å². The minimum atomic E-state index is -0.912. The zero-order valence-electron chi connectivity index (χ0n) is 15.7. The Hall–Kier alpha value is -2.62. The van der Waals surface area contributed by atoms with E-state index in [1.54, 1.807) is 0 Å². The predicted molar refractivity (Wildman–Crippen MR) is 104 cm³/mol. The third-order valence-corrected chi connectivity index (χ3v) is 6.83. The fourth-order valence-corrected chi connectivity index (χ4v) is 5.68. The first-order valence-electron chi connectivity index (χ1n) is 10.3. The van der Waals surface area contributed by atoms with Crippen LogP contribution < -0.4 is 0 Å². The number of hydrogen-bond acceptors (Lipinski definition) is 3. The number of carbonyl (C=O) groups is 2. The monoisotopic (exact) mass is 376 g/mol. The van der Waals surface area contributed by atoms with Gasteiger partial charge in [-0.1, -0.05) is 55.0 Å². The summed E-state index contributed by atoms with van der Waals surface area (Å²) < 4.78 is 5.89. The highest BCUT2D eigenvalue weighted by molar-refractivity contribution is 5.87. The largest absolute Gasteiger partial charge is 0.481 e. The minimum Gasteiger partial charge on any atom is -0.481 e. The molecule has 2 aromatic carbocycles. The van der Waals surface area contributed by atoms with Crippen molar-refractivity contribution in [2.45, 2.75) is 50.0 Å². The molecule has 2 aromatic rings. The quantitative estimate of drug-likeness (QED) is 0.803. The number of hydrogen-bond donors (Lipinski definition) is 1. The SMILES string of the molecule is O=C(OC1CCCCC1)[C@@H]1C2c3ccccc3C(c3ccccc32)[C@@H]1C(=O)O. The van der Waals surface area contributed by atoms with Crippen molar-refractivity contribution in [3.8, 4) is 0 Å². The highest BCUT2D eigenvalue weighted by Crippen LogP contribution is 2.58. The van der Waals surface area contributed by atoms with Crippen molar-refractivity contribution in [1.82, 2.24) is 0 Å². The molecule has 144 valence electrons.